The molecule has 8 heteroatoms. The van der Waals surface area contributed by atoms with Gasteiger partial charge < -0.3 is 0 Å². The van der Waals surface area contributed by atoms with Crippen molar-refractivity contribution < 1.29 is 8.42 Å². The summed E-state index contributed by atoms with van der Waals surface area (Å²) in [6.07, 6.45) is 0. The third-order valence-corrected chi connectivity index (χ3v) is 6.90. The summed E-state index contributed by atoms with van der Waals surface area (Å²) in [4.78, 5) is 0.0805. The van der Waals surface area contributed by atoms with Crippen molar-refractivity contribution in [2.75, 3.05) is 6.54 Å². The predicted molar refractivity (Wildman–Crippen MR) is 126 cm³/mol. The Morgan fingerprint density at radius 3 is 2.29 bits per heavy atom. The molecular formula is C23H19Cl2N3O2S. The molecule has 0 aromatic heterocycles. The largest absolute Gasteiger partial charge is 0.285 e. The minimum Gasteiger partial charge on any atom is -0.236 e. The Morgan fingerprint density at radius 1 is 1.00 bits per heavy atom. The van der Waals surface area contributed by atoms with Crippen LogP contribution in [0.15, 0.2) is 93.3 Å². The molecule has 1 aliphatic rings. The minimum atomic E-state index is -3.96. The number of halogens is 2. The molecule has 0 spiro atoms. The maximum atomic E-state index is 12.7. The molecule has 1 heterocycles. The number of hydrogen-bond acceptors (Lipinski definition) is 3. The third-order valence-electron chi connectivity index (χ3n) is 4.98. The van der Waals surface area contributed by atoms with Crippen LogP contribution in [0, 0.1) is 6.92 Å². The molecule has 1 aliphatic heterocycles. The van der Waals surface area contributed by atoms with Gasteiger partial charge in [-0.15, -0.1) is 4.40 Å². The Balaban J connectivity index is 1.70. The highest BCUT2D eigenvalue weighted by Gasteiger charge is 2.31. The van der Waals surface area contributed by atoms with Crippen molar-refractivity contribution in [1.82, 2.24) is 5.01 Å². The fourth-order valence-electron chi connectivity index (χ4n) is 3.35. The van der Waals surface area contributed by atoms with Gasteiger partial charge in [0.2, 0.25) is 5.29 Å². The molecule has 158 valence electrons. The normalized spacial score (nSPS) is 17.0. The highest BCUT2D eigenvalue weighted by molar-refractivity contribution is 7.90. The molecule has 3 aromatic carbocycles. The lowest BCUT2D eigenvalue weighted by Gasteiger charge is -2.15. The minimum absolute atomic E-state index is 0.0805. The zero-order valence-electron chi connectivity index (χ0n) is 16.6. The predicted octanol–water partition coefficient (Wildman–Crippen LogP) is 5.44. The van der Waals surface area contributed by atoms with Crippen molar-refractivity contribution in [1.29, 1.82) is 0 Å². The van der Waals surface area contributed by atoms with Gasteiger partial charge in [0.05, 0.1) is 17.2 Å². The fraction of sp³-hybridized carbons (Fsp3) is 0.130. The molecular weight excluding hydrogens is 453 g/mol. The Hall–Kier alpha value is -2.67. The molecule has 0 saturated heterocycles. The second-order valence-electron chi connectivity index (χ2n) is 7.19. The first kappa shape index (κ1) is 21.6. The van der Waals surface area contributed by atoms with E-state index in [1.807, 2.05) is 49.4 Å². The van der Waals surface area contributed by atoms with Crippen molar-refractivity contribution in [3.63, 3.8) is 0 Å². The number of aryl methyl sites for hydroxylation is 1. The lowest BCUT2D eigenvalue weighted by Crippen LogP contribution is -2.23. The van der Waals surface area contributed by atoms with Gasteiger partial charge in [0.15, 0.2) is 0 Å². The number of hydrazone groups is 1. The second-order valence-corrected chi connectivity index (χ2v) is 9.56. The van der Waals surface area contributed by atoms with Crippen LogP contribution < -0.4 is 0 Å². The third kappa shape index (κ3) is 4.82. The molecule has 0 radical (unpaired) electrons. The number of hydrogen-bond donors (Lipinski definition) is 0. The van der Waals surface area contributed by atoms with E-state index in [1.165, 1.54) is 17.1 Å². The van der Waals surface area contributed by atoms with Crippen molar-refractivity contribution in [3.8, 4) is 0 Å². The topological polar surface area (TPSA) is 62.1 Å². The summed E-state index contributed by atoms with van der Waals surface area (Å²) in [5, 5.41) is 6.46. The van der Waals surface area contributed by atoms with Crippen molar-refractivity contribution in [3.05, 3.63) is 101 Å². The van der Waals surface area contributed by atoms with Gasteiger partial charge in [-0.05, 0) is 53.9 Å². The molecule has 0 amide bonds. The SMILES string of the molecule is Cc1ccc(S(=O)(=O)/N=C(/Cl)N2CC(c3ccccc3)C(c3ccc(Cl)cc3)=N2)cc1. The van der Waals surface area contributed by atoms with E-state index in [0.29, 0.717) is 11.6 Å². The van der Waals surface area contributed by atoms with Crippen LogP contribution in [-0.4, -0.2) is 31.0 Å². The van der Waals surface area contributed by atoms with E-state index in [9.17, 15) is 8.42 Å². The quantitative estimate of drug-likeness (QED) is 0.289. The van der Waals surface area contributed by atoms with Gasteiger partial charge in [0.1, 0.15) is 0 Å². The summed E-state index contributed by atoms with van der Waals surface area (Å²) in [5.74, 6) is -0.103. The monoisotopic (exact) mass is 471 g/mol. The Morgan fingerprint density at radius 2 is 1.65 bits per heavy atom. The Bertz CT molecular complexity index is 1240. The van der Waals surface area contributed by atoms with Crippen molar-refractivity contribution in [2.24, 2.45) is 9.50 Å². The average molecular weight is 472 g/mol. The van der Waals surface area contributed by atoms with E-state index >= 15 is 0 Å². The van der Waals surface area contributed by atoms with Gasteiger partial charge in [-0.1, -0.05) is 71.8 Å². The molecule has 0 aliphatic carbocycles. The van der Waals surface area contributed by atoms with E-state index in [2.05, 4.69) is 9.50 Å². The zero-order chi connectivity index (χ0) is 22.0. The van der Waals surface area contributed by atoms with Crippen LogP contribution in [0.3, 0.4) is 0 Å². The summed E-state index contributed by atoms with van der Waals surface area (Å²) in [6.45, 7) is 2.25. The van der Waals surface area contributed by atoms with E-state index in [1.54, 1.807) is 24.3 Å². The summed E-state index contributed by atoms with van der Waals surface area (Å²) in [7, 11) is -3.96. The number of amidine groups is 1. The first-order valence-electron chi connectivity index (χ1n) is 9.57. The molecule has 1 unspecified atom stereocenters. The Kier molecular flexibility index (Phi) is 6.14. The summed E-state index contributed by atoms with van der Waals surface area (Å²) >= 11 is 12.4. The van der Waals surface area contributed by atoms with Gasteiger partial charge in [0, 0.05) is 10.9 Å². The lowest BCUT2D eigenvalue weighted by molar-refractivity contribution is 0.483. The molecule has 1 atom stereocenters. The lowest BCUT2D eigenvalue weighted by atomic mass is 9.91. The van der Waals surface area contributed by atoms with Crippen LogP contribution in [0.1, 0.15) is 22.6 Å². The number of benzene rings is 3. The molecule has 0 fully saturated rings. The van der Waals surface area contributed by atoms with E-state index in [4.69, 9.17) is 23.2 Å². The number of rotatable bonds is 4. The van der Waals surface area contributed by atoms with Crippen LogP contribution in [0.25, 0.3) is 0 Å². The van der Waals surface area contributed by atoms with E-state index < -0.39 is 10.0 Å². The molecule has 4 rings (SSSR count). The van der Waals surface area contributed by atoms with E-state index in [0.717, 1.165) is 22.4 Å². The standard InChI is InChI=1S/C23H19Cl2N3O2S/c1-16-7-13-20(14-8-16)31(29,30)27-23(25)28-15-21(17-5-3-2-4-6-17)22(26-28)18-9-11-19(24)12-10-18/h2-14,21H,15H2,1H3/b27-23-. The van der Waals surface area contributed by atoms with Gasteiger partial charge in [-0.2, -0.15) is 13.5 Å². The maximum Gasteiger partial charge on any atom is 0.285 e. The molecule has 0 bridgehead atoms. The molecule has 5 nitrogen and oxygen atoms in total. The molecule has 0 N–H and O–H groups in total. The summed E-state index contributed by atoms with van der Waals surface area (Å²) < 4.78 is 29.2. The fourth-order valence-corrected chi connectivity index (χ4v) is 4.74. The van der Waals surface area contributed by atoms with Crippen LogP contribution >= 0.6 is 23.2 Å². The number of sulfonamides is 1. The van der Waals surface area contributed by atoms with Crippen molar-refractivity contribution >= 4 is 44.2 Å². The number of nitrogens with zero attached hydrogens (tertiary/aromatic N) is 3. The zero-order valence-corrected chi connectivity index (χ0v) is 18.9. The van der Waals surface area contributed by atoms with E-state index in [-0.39, 0.29) is 16.1 Å². The highest BCUT2D eigenvalue weighted by atomic mass is 35.5. The van der Waals surface area contributed by atoms with Crippen molar-refractivity contribution in [2.45, 2.75) is 17.7 Å². The van der Waals surface area contributed by atoms with Gasteiger partial charge >= 0.3 is 0 Å². The van der Waals surface area contributed by atoms with Crippen LogP contribution in [0.5, 0.6) is 0 Å². The molecule has 3 aromatic rings. The first-order valence-corrected chi connectivity index (χ1v) is 11.8. The first-order chi connectivity index (χ1) is 14.8. The molecule has 0 saturated carbocycles. The van der Waals surface area contributed by atoms with Gasteiger partial charge in [-0.3, -0.25) is 0 Å². The maximum absolute atomic E-state index is 12.7. The second kappa shape index (κ2) is 8.83. The highest BCUT2D eigenvalue weighted by Crippen LogP contribution is 2.30. The summed E-state index contributed by atoms with van der Waals surface area (Å²) in [5.41, 5.74) is 3.65. The van der Waals surface area contributed by atoms with Crippen LogP contribution in [0.2, 0.25) is 5.02 Å². The van der Waals surface area contributed by atoms with Gasteiger partial charge in [-0.25, -0.2) is 5.01 Å². The summed E-state index contributed by atoms with van der Waals surface area (Å²) in [6, 6.07) is 23.7. The Labute approximate surface area is 191 Å². The van der Waals surface area contributed by atoms with Gasteiger partial charge in [0.25, 0.3) is 10.0 Å². The van der Waals surface area contributed by atoms with Crippen LogP contribution in [-0.2, 0) is 10.0 Å². The molecule has 31 heavy (non-hydrogen) atoms. The average Bonchev–Trinajstić information content (AvgIpc) is 3.21. The smallest absolute Gasteiger partial charge is 0.236 e. The van der Waals surface area contributed by atoms with Crippen LogP contribution in [0.4, 0.5) is 0 Å².